The second-order valence-electron chi connectivity index (χ2n) is 6.55. The van der Waals surface area contributed by atoms with Crippen molar-refractivity contribution >= 4 is 17.1 Å². The predicted molar refractivity (Wildman–Crippen MR) is 101 cm³/mol. The molecule has 0 aromatic heterocycles. The molecule has 3 rings (SSSR count). The quantitative estimate of drug-likeness (QED) is 0.421. The molecule has 0 radical (unpaired) electrons. The minimum Gasteiger partial charge on any atom is -0.494 e. The van der Waals surface area contributed by atoms with Crippen LogP contribution in [0.4, 0.5) is 34.6 Å². The number of rotatable bonds is 6. The van der Waals surface area contributed by atoms with Gasteiger partial charge in [-0.25, -0.2) is 4.39 Å². The Morgan fingerprint density at radius 1 is 1.23 bits per heavy atom. The fraction of sp³-hybridized carbons (Fsp3) is 0.368. The van der Waals surface area contributed by atoms with Gasteiger partial charge in [0.15, 0.2) is 11.6 Å². The molecule has 1 saturated heterocycles. The summed E-state index contributed by atoms with van der Waals surface area (Å²) in [5.74, 6) is -1.21. The maximum atomic E-state index is 13.8. The minimum absolute atomic E-state index is 0.0999. The normalized spacial score (nSPS) is 14.5. The lowest BCUT2D eigenvalue weighted by molar-refractivity contribution is -0.384. The van der Waals surface area contributed by atoms with E-state index in [0.29, 0.717) is 38.1 Å². The number of hydrogen-bond donors (Lipinski definition) is 1. The van der Waals surface area contributed by atoms with Gasteiger partial charge in [0.05, 0.1) is 36.9 Å². The number of hydrogen-bond acceptors (Lipinski definition) is 6. The molecule has 11 heteroatoms. The Kier molecular flexibility index (Phi) is 6.30. The van der Waals surface area contributed by atoms with E-state index in [2.05, 4.69) is 5.32 Å². The van der Waals surface area contributed by atoms with Crippen molar-refractivity contribution in [3.05, 3.63) is 57.4 Å². The highest BCUT2D eigenvalue weighted by Gasteiger charge is 2.34. The van der Waals surface area contributed by atoms with Gasteiger partial charge in [-0.05, 0) is 17.7 Å². The number of nitro benzene ring substituents is 1. The first-order valence-corrected chi connectivity index (χ1v) is 8.99. The van der Waals surface area contributed by atoms with Crippen LogP contribution in [0.15, 0.2) is 30.3 Å². The highest BCUT2D eigenvalue weighted by atomic mass is 19.4. The Morgan fingerprint density at radius 2 is 1.93 bits per heavy atom. The largest absolute Gasteiger partial charge is 0.494 e. The first-order valence-electron chi connectivity index (χ1n) is 8.99. The summed E-state index contributed by atoms with van der Waals surface area (Å²) in [5, 5.41) is 13.8. The van der Waals surface area contributed by atoms with E-state index >= 15 is 0 Å². The molecule has 7 nitrogen and oxygen atoms in total. The minimum atomic E-state index is -4.62. The first-order chi connectivity index (χ1) is 14.2. The number of morpholine rings is 1. The van der Waals surface area contributed by atoms with E-state index in [1.165, 1.54) is 13.2 Å². The zero-order valence-electron chi connectivity index (χ0n) is 16.0. The third kappa shape index (κ3) is 4.73. The van der Waals surface area contributed by atoms with E-state index in [-0.39, 0.29) is 23.5 Å². The zero-order valence-corrected chi connectivity index (χ0v) is 16.0. The van der Waals surface area contributed by atoms with Crippen molar-refractivity contribution < 1.29 is 32.0 Å². The van der Waals surface area contributed by atoms with Crippen molar-refractivity contribution in [3.63, 3.8) is 0 Å². The van der Waals surface area contributed by atoms with Gasteiger partial charge in [0.1, 0.15) is 5.69 Å². The summed E-state index contributed by atoms with van der Waals surface area (Å²) in [4.78, 5) is 12.2. The third-order valence-corrected chi connectivity index (χ3v) is 4.71. The molecule has 30 heavy (non-hydrogen) atoms. The molecule has 0 unspecified atom stereocenters. The number of alkyl halides is 3. The summed E-state index contributed by atoms with van der Waals surface area (Å²) in [7, 11) is 1.18. The summed E-state index contributed by atoms with van der Waals surface area (Å²) >= 11 is 0. The molecule has 0 aliphatic carbocycles. The van der Waals surface area contributed by atoms with E-state index < -0.39 is 28.2 Å². The number of ether oxygens (including phenoxy) is 2. The monoisotopic (exact) mass is 429 g/mol. The molecule has 2 aromatic rings. The molecule has 1 heterocycles. The standard InChI is InChI=1S/C19H19F4N3O4/c1-29-18-10-16(17(26(27)28)9-15(18)20)24-11-12-2-3-13(8-14(12)19(21,22)23)25-4-6-30-7-5-25/h2-3,8-10,24H,4-7,11H2,1H3. The number of nitrogens with zero attached hydrogens (tertiary/aromatic N) is 2. The van der Waals surface area contributed by atoms with Crippen LogP contribution in [0, 0.1) is 15.9 Å². The summed E-state index contributed by atoms with van der Waals surface area (Å²) < 4.78 is 64.8. The van der Waals surface area contributed by atoms with Crippen LogP contribution in [0.25, 0.3) is 0 Å². The Labute approximate surface area is 169 Å². The summed E-state index contributed by atoms with van der Waals surface area (Å²) in [6.45, 7) is 1.47. The van der Waals surface area contributed by atoms with Gasteiger partial charge in [0.2, 0.25) is 0 Å². The van der Waals surface area contributed by atoms with Crippen LogP contribution in [-0.4, -0.2) is 38.3 Å². The third-order valence-electron chi connectivity index (χ3n) is 4.71. The zero-order chi connectivity index (χ0) is 21.9. The number of nitro groups is 1. The molecule has 1 N–H and O–H groups in total. The smallest absolute Gasteiger partial charge is 0.416 e. The SMILES string of the molecule is COc1cc(NCc2ccc(N3CCOCC3)cc2C(F)(F)F)c([N+](=O)[O-])cc1F. The molecule has 2 aromatic carbocycles. The highest BCUT2D eigenvalue weighted by Crippen LogP contribution is 2.36. The number of benzene rings is 2. The average Bonchev–Trinajstić information content (AvgIpc) is 2.72. The van der Waals surface area contributed by atoms with Gasteiger partial charge in [-0.15, -0.1) is 0 Å². The van der Waals surface area contributed by atoms with E-state index in [1.807, 2.05) is 0 Å². The lowest BCUT2D eigenvalue weighted by Gasteiger charge is -2.29. The molecule has 1 aliphatic rings. The van der Waals surface area contributed by atoms with Crippen LogP contribution in [0.2, 0.25) is 0 Å². The van der Waals surface area contributed by atoms with Gasteiger partial charge in [-0.1, -0.05) is 6.07 Å². The van der Waals surface area contributed by atoms with E-state index in [9.17, 15) is 27.7 Å². The van der Waals surface area contributed by atoms with Gasteiger partial charge in [0.25, 0.3) is 5.69 Å². The molecule has 0 amide bonds. The maximum absolute atomic E-state index is 13.8. The number of halogens is 4. The Bertz CT molecular complexity index is 931. The van der Waals surface area contributed by atoms with Crippen molar-refractivity contribution in [2.24, 2.45) is 0 Å². The summed E-state index contributed by atoms with van der Waals surface area (Å²) in [5.41, 5.74) is -1.29. The van der Waals surface area contributed by atoms with Crippen LogP contribution >= 0.6 is 0 Å². The molecular weight excluding hydrogens is 410 g/mol. The molecule has 1 aliphatic heterocycles. The van der Waals surface area contributed by atoms with Crippen LogP contribution < -0.4 is 15.0 Å². The van der Waals surface area contributed by atoms with Crippen molar-refractivity contribution in [1.29, 1.82) is 0 Å². The molecule has 0 bridgehead atoms. The number of nitrogens with one attached hydrogen (secondary N) is 1. The summed E-state index contributed by atoms with van der Waals surface area (Å²) in [6, 6.07) is 5.66. The van der Waals surface area contributed by atoms with Crippen LogP contribution in [0.5, 0.6) is 5.75 Å². The van der Waals surface area contributed by atoms with Crippen molar-refractivity contribution in [2.45, 2.75) is 12.7 Å². The first kappa shape index (κ1) is 21.6. The average molecular weight is 429 g/mol. The fourth-order valence-corrected chi connectivity index (χ4v) is 3.18. The number of methoxy groups -OCH3 is 1. The second kappa shape index (κ2) is 8.74. The van der Waals surface area contributed by atoms with E-state index in [1.54, 1.807) is 11.0 Å². The van der Waals surface area contributed by atoms with E-state index in [4.69, 9.17) is 9.47 Å². The van der Waals surface area contributed by atoms with Gasteiger partial charge in [-0.3, -0.25) is 10.1 Å². The number of anilines is 2. The topological polar surface area (TPSA) is 76.9 Å². The lowest BCUT2D eigenvalue weighted by Crippen LogP contribution is -2.36. The molecule has 162 valence electrons. The highest BCUT2D eigenvalue weighted by molar-refractivity contribution is 5.65. The van der Waals surface area contributed by atoms with Crippen molar-refractivity contribution in [1.82, 2.24) is 0 Å². The fourth-order valence-electron chi connectivity index (χ4n) is 3.18. The molecule has 0 atom stereocenters. The molecular formula is C19H19F4N3O4. The van der Waals surface area contributed by atoms with Crippen molar-refractivity contribution in [2.75, 3.05) is 43.6 Å². The summed E-state index contributed by atoms with van der Waals surface area (Å²) in [6.07, 6.45) is -4.62. The van der Waals surface area contributed by atoms with Crippen molar-refractivity contribution in [3.8, 4) is 5.75 Å². The van der Waals surface area contributed by atoms with Crippen LogP contribution in [0.1, 0.15) is 11.1 Å². The maximum Gasteiger partial charge on any atom is 0.416 e. The van der Waals surface area contributed by atoms with Gasteiger partial charge >= 0.3 is 6.18 Å². The van der Waals surface area contributed by atoms with Gasteiger partial charge in [0, 0.05) is 31.4 Å². The Balaban J connectivity index is 1.90. The Hall–Kier alpha value is -3.08. The molecule has 1 fully saturated rings. The van der Waals surface area contributed by atoms with Crippen LogP contribution in [-0.2, 0) is 17.5 Å². The van der Waals surface area contributed by atoms with E-state index in [0.717, 1.165) is 12.1 Å². The second-order valence-corrected chi connectivity index (χ2v) is 6.55. The van der Waals surface area contributed by atoms with Crippen LogP contribution in [0.3, 0.4) is 0 Å². The molecule has 0 saturated carbocycles. The van der Waals surface area contributed by atoms with Gasteiger partial charge < -0.3 is 19.7 Å². The lowest BCUT2D eigenvalue weighted by atomic mass is 10.0. The Morgan fingerprint density at radius 3 is 2.53 bits per heavy atom. The predicted octanol–water partition coefficient (Wildman–Crippen LogP) is 4.21. The molecule has 0 spiro atoms. The van der Waals surface area contributed by atoms with Gasteiger partial charge in [-0.2, -0.15) is 13.2 Å².